The van der Waals surface area contributed by atoms with Gasteiger partial charge in [-0.1, -0.05) is 87.8 Å². The summed E-state index contributed by atoms with van der Waals surface area (Å²) in [6.45, 7) is 24.8. The number of ether oxygens (including phenoxy) is 3. The molecule has 16 nitrogen and oxygen atoms in total. The van der Waals surface area contributed by atoms with Crippen LogP contribution in [0.5, 0.6) is 0 Å². The molecule has 8 heterocycles. The van der Waals surface area contributed by atoms with Crippen molar-refractivity contribution in [1.29, 1.82) is 0 Å². The minimum Gasteiger partial charge on any atom is -0.444 e. The summed E-state index contributed by atoms with van der Waals surface area (Å²) in [5, 5.41) is 14.8. The molecule has 3 N–H and O–H groups in total. The third kappa shape index (κ3) is 13.3. The molecule has 18 heteroatoms. The van der Waals surface area contributed by atoms with Gasteiger partial charge < -0.3 is 35.1 Å². The lowest BCUT2D eigenvalue weighted by molar-refractivity contribution is 0.0270. The lowest BCUT2D eigenvalue weighted by Gasteiger charge is -2.30. The maximum atomic E-state index is 12.8. The van der Waals surface area contributed by atoms with Crippen LogP contribution >= 0.6 is 0 Å². The standard InChI is InChI=1S/C37H54N6O4Si2.C20H18N6/c1-37(2,3)47-36(44)41-16-14-28(15-17-41)33-23-34(42(26-45-18-20-48(4,5)6)27-46-19-21-49(7,8)9)43-35(40-33)31(25-39-43)30-22-29-12-10-11-13-32(29)38-24-30;21-19-10-18(13-5-7-22-8-6-13)25-20-16(12-24-26(19)20)15-9-14-3-1-2-4-17(14)23-11-15/h10-14,22-25H,15-21,26-27H2,1-9H3;1-5,9-12,22H,6-8,21H2. The first-order valence-corrected chi connectivity index (χ1v) is 33.5. The van der Waals surface area contributed by atoms with Crippen LogP contribution in [-0.2, 0) is 14.2 Å². The maximum Gasteiger partial charge on any atom is 0.410 e. The van der Waals surface area contributed by atoms with Crippen LogP contribution in [0.2, 0.25) is 51.4 Å². The molecule has 0 unspecified atom stereocenters. The number of pyridine rings is 2. The molecule has 0 spiro atoms. The Hall–Kier alpha value is -6.84. The number of anilines is 2. The molecule has 392 valence electrons. The molecular formula is C57H72N12O4Si2. The van der Waals surface area contributed by atoms with Crippen molar-refractivity contribution in [3.63, 3.8) is 0 Å². The first kappa shape index (κ1) is 53.0. The van der Waals surface area contributed by atoms with Crippen molar-refractivity contribution in [3.05, 3.63) is 121 Å². The van der Waals surface area contributed by atoms with Crippen LogP contribution in [0.4, 0.5) is 16.4 Å². The summed E-state index contributed by atoms with van der Waals surface area (Å²) >= 11 is 0. The third-order valence-electron chi connectivity index (χ3n) is 13.1. The van der Waals surface area contributed by atoms with E-state index in [1.54, 1.807) is 9.42 Å². The second kappa shape index (κ2) is 22.6. The Balaban J connectivity index is 0.000000220. The average Bonchev–Trinajstić information content (AvgIpc) is 4.03. The fraction of sp³-hybridized carbons (Fsp3) is 0.386. The molecule has 0 saturated carbocycles. The van der Waals surface area contributed by atoms with Crippen molar-refractivity contribution in [2.45, 2.75) is 90.6 Å². The van der Waals surface area contributed by atoms with Crippen molar-refractivity contribution in [3.8, 4) is 22.3 Å². The number of nitrogen functional groups attached to an aromatic ring is 1. The summed E-state index contributed by atoms with van der Waals surface area (Å²) in [6, 6.07) is 26.6. The molecule has 1 amide bonds. The highest BCUT2D eigenvalue weighted by Crippen LogP contribution is 2.33. The minimum atomic E-state index is -1.27. The Labute approximate surface area is 442 Å². The van der Waals surface area contributed by atoms with Gasteiger partial charge in [0.05, 0.1) is 34.8 Å². The van der Waals surface area contributed by atoms with Crippen LogP contribution in [0.3, 0.4) is 0 Å². The maximum absolute atomic E-state index is 12.8. The van der Waals surface area contributed by atoms with Gasteiger partial charge >= 0.3 is 6.09 Å². The van der Waals surface area contributed by atoms with Gasteiger partial charge in [0.25, 0.3) is 0 Å². The molecule has 0 atom stereocenters. The van der Waals surface area contributed by atoms with Crippen molar-refractivity contribution in [2.75, 3.05) is 63.5 Å². The lowest BCUT2D eigenvalue weighted by Crippen LogP contribution is -2.39. The topological polar surface area (TPSA) is 175 Å². The van der Waals surface area contributed by atoms with Crippen LogP contribution in [0.1, 0.15) is 45.0 Å². The summed E-state index contributed by atoms with van der Waals surface area (Å²) in [5.41, 5.74) is 16.9. The van der Waals surface area contributed by atoms with Crippen molar-refractivity contribution in [2.24, 2.45) is 0 Å². The number of hydrogen-bond acceptors (Lipinski definition) is 13. The zero-order valence-corrected chi connectivity index (χ0v) is 47.1. The van der Waals surface area contributed by atoms with Gasteiger partial charge in [0.2, 0.25) is 0 Å². The van der Waals surface area contributed by atoms with E-state index in [-0.39, 0.29) is 6.09 Å². The normalized spacial score (nSPS) is 14.5. The fourth-order valence-corrected chi connectivity index (χ4v) is 10.4. The van der Waals surface area contributed by atoms with Crippen molar-refractivity contribution < 1.29 is 19.0 Å². The summed E-state index contributed by atoms with van der Waals surface area (Å²) < 4.78 is 21.9. The van der Waals surface area contributed by atoms with E-state index in [0.29, 0.717) is 52.0 Å². The molecular weight excluding hydrogens is 973 g/mol. The van der Waals surface area contributed by atoms with Crippen molar-refractivity contribution >= 4 is 78.1 Å². The number of fused-ring (bicyclic) bond motifs is 4. The van der Waals surface area contributed by atoms with Gasteiger partial charge in [-0.05, 0) is 87.7 Å². The molecule has 0 saturated heterocycles. The largest absolute Gasteiger partial charge is 0.444 e. The number of carbonyl (C=O) groups is 1. The van der Waals surface area contributed by atoms with Gasteiger partial charge in [-0.25, -0.2) is 14.8 Å². The van der Waals surface area contributed by atoms with Gasteiger partial charge in [-0.3, -0.25) is 9.97 Å². The predicted octanol–water partition coefficient (Wildman–Crippen LogP) is 11.3. The number of para-hydroxylation sites is 2. The minimum absolute atomic E-state index is 0.300. The Morgan fingerprint density at radius 3 is 1.79 bits per heavy atom. The number of benzene rings is 2. The molecule has 0 bridgehead atoms. The number of carbonyl (C=O) groups excluding carboxylic acids is 1. The second-order valence-corrected chi connectivity index (χ2v) is 34.1. The molecule has 0 radical (unpaired) electrons. The first-order valence-electron chi connectivity index (χ1n) is 26.1. The van der Waals surface area contributed by atoms with Gasteiger partial charge in [0.15, 0.2) is 11.3 Å². The molecule has 0 aliphatic carbocycles. The zero-order chi connectivity index (χ0) is 52.9. The van der Waals surface area contributed by atoms with Gasteiger partial charge in [-0.2, -0.15) is 19.2 Å². The molecule has 75 heavy (non-hydrogen) atoms. The molecule has 0 fully saturated rings. The van der Waals surface area contributed by atoms with E-state index < -0.39 is 21.7 Å². The number of aromatic nitrogens is 8. The van der Waals surface area contributed by atoms with Gasteiger partial charge in [0.1, 0.15) is 30.7 Å². The number of nitrogens with one attached hydrogen (secondary N) is 1. The van der Waals surface area contributed by atoms with E-state index in [0.717, 1.165) is 110 Å². The van der Waals surface area contributed by atoms with Crippen LogP contribution in [0, 0.1) is 0 Å². The van der Waals surface area contributed by atoms with Crippen LogP contribution in [0.25, 0.3) is 66.5 Å². The third-order valence-corrected chi connectivity index (χ3v) is 16.6. The summed E-state index contributed by atoms with van der Waals surface area (Å²) in [7, 11) is -2.53. The SMILES string of the molecule is CC(C)(C)OC(=O)N1CC=C(c2cc(N(COCC[Si](C)(C)C)COCC[Si](C)(C)C)n3ncc(-c4cnc5ccccc5c4)c3n2)CC1.Nc1cc(C2=CCNCC2)nc2c(-c3cnc4ccccc4c3)cnn12. The summed E-state index contributed by atoms with van der Waals surface area (Å²) in [4.78, 5) is 36.1. The molecule has 2 aliphatic rings. The highest BCUT2D eigenvalue weighted by molar-refractivity contribution is 6.76. The monoisotopic (exact) mass is 1040 g/mol. The van der Waals surface area contributed by atoms with E-state index in [4.69, 9.17) is 40.0 Å². The van der Waals surface area contributed by atoms with E-state index in [2.05, 4.69) is 102 Å². The number of nitrogens with zero attached hydrogens (tertiary/aromatic N) is 10. The Bertz CT molecular complexity index is 3370. The average molecular weight is 1050 g/mol. The number of nitrogens with two attached hydrogens (primary N) is 1. The van der Waals surface area contributed by atoms with Crippen LogP contribution in [-0.4, -0.2) is 125 Å². The van der Waals surface area contributed by atoms with Gasteiger partial charge in [-0.15, -0.1) is 0 Å². The second-order valence-electron chi connectivity index (χ2n) is 22.8. The van der Waals surface area contributed by atoms with E-state index in [9.17, 15) is 4.79 Å². The van der Waals surface area contributed by atoms with E-state index in [1.807, 2.05) is 92.5 Å². The lowest BCUT2D eigenvalue weighted by atomic mass is 10.0. The first-order chi connectivity index (χ1) is 35.9. The smallest absolute Gasteiger partial charge is 0.410 e. The Kier molecular flexibility index (Phi) is 15.9. The van der Waals surface area contributed by atoms with E-state index in [1.165, 1.54) is 5.57 Å². The van der Waals surface area contributed by atoms with Crippen LogP contribution in [0.15, 0.2) is 110 Å². The highest BCUT2D eigenvalue weighted by Gasteiger charge is 2.27. The molecule has 2 aromatic carbocycles. The number of amides is 1. The molecule has 6 aromatic heterocycles. The predicted molar refractivity (Wildman–Crippen MR) is 308 cm³/mol. The fourth-order valence-electron chi connectivity index (χ4n) is 8.86. The van der Waals surface area contributed by atoms with Crippen LogP contribution < -0.4 is 16.0 Å². The molecule has 10 rings (SSSR count). The highest BCUT2D eigenvalue weighted by atomic mass is 28.3. The Morgan fingerprint density at radius 2 is 1.25 bits per heavy atom. The van der Waals surface area contributed by atoms with Gasteiger partial charge in [0, 0.05) is 107 Å². The zero-order valence-electron chi connectivity index (χ0n) is 45.1. The number of hydrogen-bond donors (Lipinski definition) is 2. The molecule has 8 aromatic rings. The van der Waals surface area contributed by atoms with Crippen molar-refractivity contribution in [1.82, 2.24) is 49.4 Å². The van der Waals surface area contributed by atoms with E-state index >= 15 is 0 Å². The summed E-state index contributed by atoms with van der Waals surface area (Å²) in [6.07, 6.45) is 13.0. The Morgan fingerprint density at radius 1 is 0.707 bits per heavy atom. The quantitative estimate of drug-likeness (QED) is 0.0564. The number of rotatable bonds is 15. The molecule has 2 aliphatic heterocycles. The summed E-state index contributed by atoms with van der Waals surface area (Å²) in [5.74, 6) is 1.43.